The average molecular weight is 276 g/mol. The molecule has 0 aliphatic rings. The van der Waals surface area contributed by atoms with Gasteiger partial charge in [-0.15, -0.1) is 0 Å². The zero-order chi connectivity index (χ0) is 15.0. The molecule has 0 saturated carbocycles. The van der Waals surface area contributed by atoms with Crippen molar-refractivity contribution in [1.29, 1.82) is 5.26 Å². The van der Waals surface area contributed by atoms with Crippen LogP contribution in [-0.4, -0.2) is 48.7 Å². The van der Waals surface area contributed by atoms with Crippen molar-refractivity contribution in [3.05, 3.63) is 35.4 Å². The van der Waals surface area contributed by atoms with Crippen LogP contribution in [0.4, 0.5) is 0 Å². The Bertz CT molecular complexity index is 522. The number of aromatic carboxylic acids is 1. The Labute approximate surface area is 117 Å². The highest BCUT2D eigenvalue weighted by Crippen LogP contribution is 2.12. The number of carbonyl (C=O) groups is 2. The molecule has 0 spiro atoms. The number of hydrogen-bond donors (Lipinski definition) is 1. The first-order chi connectivity index (χ1) is 9.61. The molecule has 0 radical (unpaired) electrons. The highest BCUT2D eigenvalue weighted by atomic mass is 16.5. The van der Waals surface area contributed by atoms with E-state index in [4.69, 9.17) is 15.1 Å². The van der Waals surface area contributed by atoms with Gasteiger partial charge >= 0.3 is 5.97 Å². The topological polar surface area (TPSA) is 90.6 Å². The van der Waals surface area contributed by atoms with Crippen LogP contribution in [0.1, 0.15) is 27.1 Å². The summed E-state index contributed by atoms with van der Waals surface area (Å²) >= 11 is 0. The number of hydrogen-bond acceptors (Lipinski definition) is 4. The van der Waals surface area contributed by atoms with Gasteiger partial charge in [0.25, 0.3) is 5.91 Å². The van der Waals surface area contributed by atoms with Gasteiger partial charge in [-0.3, -0.25) is 4.79 Å². The van der Waals surface area contributed by atoms with E-state index in [0.717, 1.165) is 0 Å². The predicted octanol–water partition coefficient (Wildman–Crippen LogP) is 1.39. The molecule has 1 aromatic carbocycles. The van der Waals surface area contributed by atoms with Crippen LogP contribution in [0.5, 0.6) is 0 Å². The largest absolute Gasteiger partial charge is 0.478 e. The number of amides is 1. The van der Waals surface area contributed by atoms with Crippen molar-refractivity contribution < 1.29 is 19.4 Å². The molecule has 0 aliphatic carbocycles. The second-order valence-corrected chi connectivity index (χ2v) is 4.04. The van der Waals surface area contributed by atoms with Crippen LogP contribution in [0.25, 0.3) is 0 Å². The Morgan fingerprint density at radius 1 is 1.30 bits per heavy atom. The smallest absolute Gasteiger partial charge is 0.336 e. The van der Waals surface area contributed by atoms with Gasteiger partial charge in [0.2, 0.25) is 0 Å². The standard InChI is InChI=1S/C14H16N2O4/c1-20-10-9-16(8-4-7-15)13(17)11-5-2-3-6-12(11)14(18)19/h2-3,5-6H,4,8-10H2,1H3,(H,18,19). The highest BCUT2D eigenvalue weighted by Gasteiger charge is 2.20. The lowest BCUT2D eigenvalue weighted by molar-refractivity contribution is 0.0657. The molecule has 0 heterocycles. The fourth-order valence-corrected chi connectivity index (χ4v) is 1.73. The number of nitrogens with zero attached hydrogens (tertiary/aromatic N) is 2. The van der Waals surface area contributed by atoms with Crippen molar-refractivity contribution in [3.63, 3.8) is 0 Å². The SMILES string of the molecule is COCCN(CCC#N)C(=O)c1ccccc1C(=O)O. The minimum absolute atomic E-state index is 0.0446. The molecule has 6 heteroatoms. The van der Waals surface area contributed by atoms with Gasteiger partial charge in [0, 0.05) is 20.2 Å². The Morgan fingerprint density at radius 3 is 2.50 bits per heavy atom. The van der Waals surface area contributed by atoms with Crippen LogP contribution in [0, 0.1) is 11.3 Å². The summed E-state index contributed by atoms with van der Waals surface area (Å²) in [5.41, 5.74) is 0.0749. The lowest BCUT2D eigenvalue weighted by Gasteiger charge is -2.22. The van der Waals surface area contributed by atoms with Gasteiger partial charge in [-0.25, -0.2) is 4.79 Å². The summed E-state index contributed by atoms with van der Waals surface area (Å²) in [6.45, 7) is 0.879. The fraction of sp³-hybridized carbons (Fsp3) is 0.357. The molecule has 0 aromatic heterocycles. The predicted molar refractivity (Wildman–Crippen MR) is 71.4 cm³/mol. The van der Waals surface area contributed by atoms with Gasteiger partial charge in [0.1, 0.15) is 0 Å². The number of ether oxygens (including phenoxy) is 1. The van der Waals surface area contributed by atoms with Gasteiger partial charge in [0.15, 0.2) is 0 Å². The second-order valence-electron chi connectivity index (χ2n) is 4.04. The van der Waals surface area contributed by atoms with E-state index < -0.39 is 11.9 Å². The summed E-state index contributed by atoms with van der Waals surface area (Å²) in [5.74, 6) is -1.56. The normalized spacial score (nSPS) is 9.80. The van der Waals surface area contributed by atoms with Gasteiger partial charge in [0.05, 0.1) is 30.2 Å². The van der Waals surface area contributed by atoms with Gasteiger partial charge in [-0.05, 0) is 12.1 Å². The second kappa shape index (κ2) is 7.92. The van der Waals surface area contributed by atoms with Gasteiger partial charge in [-0.2, -0.15) is 5.26 Å². The summed E-state index contributed by atoms with van der Waals surface area (Å²) in [7, 11) is 1.51. The zero-order valence-corrected chi connectivity index (χ0v) is 11.2. The molecule has 106 valence electrons. The van der Waals surface area contributed by atoms with E-state index in [1.807, 2.05) is 6.07 Å². The van der Waals surface area contributed by atoms with E-state index in [1.54, 1.807) is 12.1 Å². The van der Waals surface area contributed by atoms with Crippen molar-refractivity contribution in [3.8, 4) is 6.07 Å². The van der Waals surface area contributed by atoms with E-state index in [-0.39, 0.29) is 24.1 Å². The van der Waals surface area contributed by atoms with Crippen LogP contribution >= 0.6 is 0 Å². The molecule has 0 atom stereocenters. The van der Waals surface area contributed by atoms with Gasteiger partial charge < -0.3 is 14.7 Å². The molecule has 1 rings (SSSR count). The van der Waals surface area contributed by atoms with Crippen LogP contribution in [0.2, 0.25) is 0 Å². The number of carboxylic acid groups (broad SMARTS) is 1. The zero-order valence-electron chi connectivity index (χ0n) is 11.2. The maximum atomic E-state index is 12.4. The van der Waals surface area contributed by atoms with E-state index >= 15 is 0 Å². The van der Waals surface area contributed by atoms with E-state index in [0.29, 0.717) is 13.2 Å². The monoisotopic (exact) mass is 276 g/mol. The quantitative estimate of drug-likeness (QED) is 0.812. The molecular weight excluding hydrogens is 260 g/mol. The minimum atomic E-state index is -1.15. The molecule has 1 amide bonds. The summed E-state index contributed by atoms with van der Waals surface area (Å²) in [6.07, 6.45) is 0.185. The van der Waals surface area contributed by atoms with E-state index in [1.165, 1.54) is 24.1 Å². The molecule has 1 aromatic rings. The van der Waals surface area contributed by atoms with Crippen LogP contribution < -0.4 is 0 Å². The number of methoxy groups -OCH3 is 1. The third kappa shape index (κ3) is 4.07. The first-order valence-electron chi connectivity index (χ1n) is 6.09. The van der Waals surface area contributed by atoms with E-state index in [2.05, 4.69) is 0 Å². The van der Waals surface area contributed by atoms with Crippen molar-refractivity contribution in [1.82, 2.24) is 4.90 Å². The summed E-state index contributed by atoms with van der Waals surface area (Å²) in [4.78, 5) is 24.9. The first kappa shape index (κ1) is 15.7. The Morgan fingerprint density at radius 2 is 1.95 bits per heavy atom. The molecule has 6 nitrogen and oxygen atoms in total. The Balaban J connectivity index is 2.99. The van der Waals surface area contributed by atoms with Gasteiger partial charge in [-0.1, -0.05) is 12.1 Å². The van der Waals surface area contributed by atoms with Crippen molar-refractivity contribution in [2.24, 2.45) is 0 Å². The third-order valence-corrected chi connectivity index (χ3v) is 2.73. The number of rotatable bonds is 7. The summed E-state index contributed by atoms with van der Waals surface area (Å²) < 4.78 is 4.92. The molecule has 0 aliphatic heterocycles. The third-order valence-electron chi connectivity index (χ3n) is 2.73. The van der Waals surface area contributed by atoms with Crippen molar-refractivity contribution in [2.75, 3.05) is 26.8 Å². The number of carbonyl (C=O) groups excluding carboxylic acids is 1. The lowest BCUT2D eigenvalue weighted by Crippen LogP contribution is -2.35. The number of benzene rings is 1. The average Bonchev–Trinajstić information content (AvgIpc) is 2.46. The van der Waals surface area contributed by atoms with Crippen molar-refractivity contribution in [2.45, 2.75) is 6.42 Å². The molecular formula is C14H16N2O4. The highest BCUT2D eigenvalue weighted by molar-refractivity contribution is 6.04. The van der Waals surface area contributed by atoms with E-state index in [9.17, 15) is 9.59 Å². The molecule has 1 N–H and O–H groups in total. The summed E-state index contributed by atoms with van der Waals surface area (Å²) in [5, 5.41) is 17.7. The Hall–Kier alpha value is -2.39. The fourth-order valence-electron chi connectivity index (χ4n) is 1.73. The molecule has 0 bridgehead atoms. The molecule has 20 heavy (non-hydrogen) atoms. The summed E-state index contributed by atoms with van der Waals surface area (Å²) in [6, 6.07) is 7.99. The molecule has 0 unspecified atom stereocenters. The van der Waals surface area contributed by atoms with Crippen LogP contribution in [-0.2, 0) is 4.74 Å². The number of carboxylic acids is 1. The Kier molecular flexibility index (Phi) is 6.20. The van der Waals surface area contributed by atoms with Crippen molar-refractivity contribution >= 4 is 11.9 Å². The van der Waals surface area contributed by atoms with Crippen LogP contribution in [0.15, 0.2) is 24.3 Å². The number of nitriles is 1. The molecule has 0 fully saturated rings. The lowest BCUT2D eigenvalue weighted by atomic mass is 10.1. The maximum Gasteiger partial charge on any atom is 0.336 e. The first-order valence-corrected chi connectivity index (χ1v) is 6.09. The maximum absolute atomic E-state index is 12.4. The minimum Gasteiger partial charge on any atom is -0.478 e. The molecule has 0 saturated heterocycles. The van der Waals surface area contributed by atoms with Crippen LogP contribution in [0.3, 0.4) is 0 Å².